The molecule has 108 valence electrons. The Kier molecular flexibility index (Phi) is 3.56. The lowest BCUT2D eigenvalue weighted by atomic mass is 10.1. The third-order valence-electron chi connectivity index (χ3n) is 3.34. The molecule has 0 saturated carbocycles. The third-order valence-corrected chi connectivity index (χ3v) is 3.34. The summed E-state index contributed by atoms with van der Waals surface area (Å²) in [6.07, 6.45) is -0.0111. The van der Waals surface area contributed by atoms with Crippen LogP contribution >= 0.6 is 0 Å². The van der Waals surface area contributed by atoms with Gasteiger partial charge in [0.05, 0.1) is 6.54 Å². The van der Waals surface area contributed by atoms with E-state index in [4.69, 9.17) is 4.74 Å². The van der Waals surface area contributed by atoms with E-state index in [1.54, 1.807) is 24.3 Å². The molecule has 1 N–H and O–H groups in total. The standard InChI is InChI=1S/C16H13F2NO2/c17-12-6-11-7-13(21-15(11)14(18)8-12)9-19-16(20)10-4-2-1-3-5-10/h1-6,8,13H,7,9H2,(H,19,20). The summed E-state index contributed by atoms with van der Waals surface area (Å²) >= 11 is 0. The first-order valence-corrected chi connectivity index (χ1v) is 6.61. The minimum atomic E-state index is -0.707. The van der Waals surface area contributed by atoms with Crippen LogP contribution in [0.15, 0.2) is 42.5 Å². The summed E-state index contributed by atoms with van der Waals surface area (Å²) in [5.41, 5.74) is 1.04. The molecule has 21 heavy (non-hydrogen) atoms. The summed E-state index contributed by atoms with van der Waals surface area (Å²) in [7, 11) is 0. The van der Waals surface area contributed by atoms with Crippen LogP contribution in [0.25, 0.3) is 0 Å². The number of hydrogen-bond donors (Lipinski definition) is 1. The van der Waals surface area contributed by atoms with Crippen LogP contribution in [0.1, 0.15) is 15.9 Å². The van der Waals surface area contributed by atoms with Crippen molar-refractivity contribution in [3.05, 3.63) is 65.2 Å². The van der Waals surface area contributed by atoms with Crippen molar-refractivity contribution in [3.8, 4) is 5.75 Å². The molecule has 1 amide bonds. The molecular formula is C16H13F2NO2. The van der Waals surface area contributed by atoms with Crippen molar-refractivity contribution >= 4 is 5.91 Å². The zero-order valence-electron chi connectivity index (χ0n) is 11.1. The number of amides is 1. The minimum absolute atomic E-state index is 0.0790. The summed E-state index contributed by atoms with van der Waals surface area (Å²) in [6, 6.07) is 10.8. The molecule has 0 radical (unpaired) electrons. The van der Waals surface area contributed by atoms with Crippen molar-refractivity contribution in [3.63, 3.8) is 0 Å². The molecule has 0 aliphatic carbocycles. The van der Waals surface area contributed by atoms with Gasteiger partial charge >= 0.3 is 0 Å². The van der Waals surface area contributed by atoms with Gasteiger partial charge in [-0.1, -0.05) is 18.2 Å². The van der Waals surface area contributed by atoms with Gasteiger partial charge in [-0.25, -0.2) is 8.78 Å². The smallest absolute Gasteiger partial charge is 0.251 e. The van der Waals surface area contributed by atoms with Gasteiger partial charge in [0, 0.05) is 23.6 Å². The quantitative estimate of drug-likeness (QED) is 0.943. The molecule has 2 aromatic rings. The summed E-state index contributed by atoms with van der Waals surface area (Å²) in [6.45, 7) is 0.240. The fourth-order valence-corrected chi connectivity index (χ4v) is 2.36. The first kappa shape index (κ1) is 13.5. The van der Waals surface area contributed by atoms with Gasteiger partial charge < -0.3 is 10.1 Å². The van der Waals surface area contributed by atoms with Crippen LogP contribution in [-0.4, -0.2) is 18.6 Å². The van der Waals surface area contributed by atoms with Crippen molar-refractivity contribution in [1.82, 2.24) is 5.32 Å². The highest BCUT2D eigenvalue weighted by molar-refractivity contribution is 5.94. The molecule has 1 unspecified atom stereocenters. The molecule has 0 fully saturated rings. The monoisotopic (exact) mass is 289 g/mol. The van der Waals surface area contributed by atoms with Gasteiger partial charge in [-0.15, -0.1) is 0 Å². The minimum Gasteiger partial charge on any atom is -0.485 e. The van der Waals surface area contributed by atoms with E-state index in [1.807, 2.05) is 6.07 Å². The molecule has 5 heteroatoms. The number of halogens is 2. The molecule has 1 heterocycles. The molecule has 3 rings (SSSR count). The molecule has 0 aromatic heterocycles. The number of hydrogen-bond acceptors (Lipinski definition) is 2. The van der Waals surface area contributed by atoms with Crippen LogP contribution in [-0.2, 0) is 6.42 Å². The van der Waals surface area contributed by atoms with E-state index in [2.05, 4.69) is 5.32 Å². The maximum absolute atomic E-state index is 13.5. The van der Waals surface area contributed by atoms with Gasteiger partial charge in [0.2, 0.25) is 0 Å². The highest BCUT2D eigenvalue weighted by Crippen LogP contribution is 2.32. The zero-order valence-corrected chi connectivity index (χ0v) is 11.1. The summed E-state index contributed by atoms with van der Waals surface area (Å²) < 4.78 is 32.1. The number of fused-ring (bicyclic) bond motifs is 1. The number of rotatable bonds is 3. The topological polar surface area (TPSA) is 38.3 Å². The molecule has 2 aromatic carbocycles. The lowest BCUT2D eigenvalue weighted by molar-refractivity contribution is 0.0933. The molecule has 3 nitrogen and oxygen atoms in total. The van der Waals surface area contributed by atoms with E-state index < -0.39 is 11.6 Å². The number of benzene rings is 2. The fourth-order valence-electron chi connectivity index (χ4n) is 2.36. The Morgan fingerprint density at radius 2 is 2.00 bits per heavy atom. The molecule has 0 bridgehead atoms. The van der Waals surface area contributed by atoms with Crippen LogP contribution in [0.5, 0.6) is 5.75 Å². The number of carbonyl (C=O) groups excluding carboxylic acids is 1. The fraction of sp³-hybridized carbons (Fsp3) is 0.188. The normalized spacial score (nSPS) is 16.2. The zero-order chi connectivity index (χ0) is 14.8. The highest BCUT2D eigenvalue weighted by atomic mass is 19.1. The van der Waals surface area contributed by atoms with E-state index in [9.17, 15) is 13.6 Å². The summed E-state index contributed by atoms with van der Waals surface area (Å²) in [5, 5.41) is 2.73. The van der Waals surface area contributed by atoms with E-state index in [-0.39, 0.29) is 24.3 Å². The average Bonchev–Trinajstić information content (AvgIpc) is 2.89. The van der Waals surface area contributed by atoms with E-state index in [0.717, 1.165) is 6.07 Å². The first-order chi connectivity index (χ1) is 10.1. The van der Waals surface area contributed by atoms with Crippen LogP contribution in [0.2, 0.25) is 0 Å². The van der Waals surface area contributed by atoms with Crippen molar-refractivity contribution in [2.75, 3.05) is 6.54 Å². The van der Waals surface area contributed by atoms with Gasteiger partial charge in [-0.05, 0) is 18.2 Å². The Morgan fingerprint density at radius 3 is 2.76 bits per heavy atom. The molecule has 0 saturated heterocycles. The summed E-state index contributed by atoms with van der Waals surface area (Å²) in [4.78, 5) is 11.9. The van der Waals surface area contributed by atoms with E-state index in [0.29, 0.717) is 17.5 Å². The predicted molar refractivity (Wildman–Crippen MR) is 73.3 cm³/mol. The molecule has 1 aliphatic rings. The molecule has 0 spiro atoms. The second-order valence-electron chi connectivity index (χ2n) is 4.90. The first-order valence-electron chi connectivity index (χ1n) is 6.61. The number of nitrogens with one attached hydrogen (secondary N) is 1. The highest BCUT2D eigenvalue weighted by Gasteiger charge is 2.27. The van der Waals surface area contributed by atoms with Gasteiger partial charge in [-0.2, -0.15) is 0 Å². The SMILES string of the molecule is O=C(NCC1Cc2cc(F)cc(F)c2O1)c1ccccc1. The molecular weight excluding hydrogens is 276 g/mol. The van der Waals surface area contributed by atoms with Gasteiger partial charge in [0.1, 0.15) is 11.9 Å². The van der Waals surface area contributed by atoms with Crippen LogP contribution in [0.3, 0.4) is 0 Å². The second kappa shape index (κ2) is 5.52. The molecule has 1 atom stereocenters. The lowest BCUT2D eigenvalue weighted by Gasteiger charge is -2.12. The van der Waals surface area contributed by atoms with Crippen LogP contribution in [0.4, 0.5) is 8.78 Å². The maximum Gasteiger partial charge on any atom is 0.251 e. The Balaban J connectivity index is 1.62. The summed E-state index contributed by atoms with van der Waals surface area (Å²) in [5.74, 6) is -1.47. The number of ether oxygens (including phenoxy) is 1. The Bertz CT molecular complexity index is 673. The van der Waals surface area contributed by atoms with Crippen molar-refractivity contribution in [1.29, 1.82) is 0 Å². The third kappa shape index (κ3) is 2.86. The van der Waals surface area contributed by atoms with Crippen molar-refractivity contribution < 1.29 is 18.3 Å². The van der Waals surface area contributed by atoms with E-state index >= 15 is 0 Å². The lowest BCUT2D eigenvalue weighted by Crippen LogP contribution is -2.34. The Hall–Kier alpha value is -2.43. The predicted octanol–water partition coefficient (Wildman–Crippen LogP) is 2.70. The van der Waals surface area contributed by atoms with Crippen molar-refractivity contribution in [2.45, 2.75) is 12.5 Å². The van der Waals surface area contributed by atoms with Crippen LogP contribution < -0.4 is 10.1 Å². The van der Waals surface area contributed by atoms with Gasteiger partial charge in [0.25, 0.3) is 5.91 Å². The second-order valence-corrected chi connectivity index (χ2v) is 4.90. The Labute approximate surface area is 120 Å². The Morgan fingerprint density at radius 1 is 1.24 bits per heavy atom. The van der Waals surface area contributed by atoms with Gasteiger partial charge in [0.15, 0.2) is 11.6 Å². The average molecular weight is 289 g/mol. The van der Waals surface area contributed by atoms with Gasteiger partial charge in [-0.3, -0.25) is 4.79 Å². The number of carbonyl (C=O) groups is 1. The van der Waals surface area contributed by atoms with Crippen LogP contribution in [0, 0.1) is 11.6 Å². The van der Waals surface area contributed by atoms with Crippen molar-refractivity contribution in [2.24, 2.45) is 0 Å². The van der Waals surface area contributed by atoms with E-state index in [1.165, 1.54) is 6.07 Å². The maximum atomic E-state index is 13.5. The molecule has 1 aliphatic heterocycles. The largest absolute Gasteiger partial charge is 0.485 e.